The van der Waals surface area contributed by atoms with E-state index in [4.69, 9.17) is 9.47 Å². The van der Waals surface area contributed by atoms with Crippen molar-refractivity contribution in [2.24, 2.45) is 0 Å². The number of halogens is 1. The summed E-state index contributed by atoms with van der Waals surface area (Å²) in [6, 6.07) is 6.96. The Morgan fingerprint density at radius 3 is 2.38 bits per heavy atom. The Kier molecular flexibility index (Phi) is 5.11. The molecule has 0 N–H and O–H groups in total. The van der Waals surface area contributed by atoms with Crippen LogP contribution in [-0.2, 0) is 0 Å². The highest BCUT2D eigenvalue weighted by atomic mass is 79.9. The molecule has 0 aliphatic carbocycles. The molecule has 4 nitrogen and oxygen atoms in total. The predicted molar refractivity (Wildman–Crippen MR) is 84.8 cm³/mol. The molecule has 5 heteroatoms. The molecule has 1 aromatic carbocycles. The summed E-state index contributed by atoms with van der Waals surface area (Å²) in [5, 5.41) is 0. The van der Waals surface area contributed by atoms with Gasteiger partial charge in [-0.2, -0.15) is 0 Å². The van der Waals surface area contributed by atoms with Gasteiger partial charge >= 0.3 is 0 Å². The van der Waals surface area contributed by atoms with E-state index in [1.165, 1.54) is 6.08 Å². The molecule has 2 rings (SSSR count). The van der Waals surface area contributed by atoms with E-state index in [0.717, 1.165) is 10.0 Å². The second-order valence-electron chi connectivity index (χ2n) is 4.16. The zero-order valence-electron chi connectivity index (χ0n) is 11.7. The average molecular weight is 348 g/mol. The van der Waals surface area contributed by atoms with Gasteiger partial charge in [0.2, 0.25) is 0 Å². The summed E-state index contributed by atoms with van der Waals surface area (Å²) in [6.45, 7) is 0. The second kappa shape index (κ2) is 7.04. The summed E-state index contributed by atoms with van der Waals surface area (Å²) in [4.78, 5) is 15.9. The summed E-state index contributed by atoms with van der Waals surface area (Å²) < 4.78 is 11.3. The molecular formula is C16H14BrNO3. The van der Waals surface area contributed by atoms with Crippen LogP contribution in [0.4, 0.5) is 0 Å². The molecule has 0 saturated heterocycles. The predicted octanol–water partition coefficient (Wildman–Crippen LogP) is 3.76. The molecule has 0 aliphatic heterocycles. The van der Waals surface area contributed by atoms with E-state index in [1.807, 2.05) is 0 Å². The molecular weight excluding hydrogens is 334 g/mol. The molecule has 0 spiro atoms. The first-order valence-electron chi connectivity index (χ1n) is 6.19. The van der Waals surface area contributed by atoms with E-state index >= 15 is 0 Å². The van der Waals surface area contributed by atoms with Crippen LogP contribution in [-0.4, -0.2) is 25.0 Å². The maximum Gasteiger partial charge on any atom is 0.185 e. The van der Waals surface area contributed by atoms with Crippen LogP contribution in [0.1, 0.15) is 15.9 Å². The number of methoxy groups -OCH3 is 2. The quantitative estimate of drug-likeness (QED) is 0.610. The smallest absolute Gasteiger partial charge is 0.185 e. The highest BCUT2D eigenvalue weighted by molar-refractivity contribution is 9.10. The number of hydrogen-bond acceptors (Lipinski definition) is 4. The third-order valence-electron chi connectivity index (χ3n) is 2.88. The van der Waals surface area contributed by atoms with E-state index < -0.39 is 0 Å². The number of carbonyl (C=O) groups excluding carboxylic acids is 1. The summed E-state index contributed by atoms with van der Waals surface area (Å²) in [7, 11) is 3.15. The summed E-state index contributed by atoms with van der Waals surface area (Å²) in [5.41, 5.74) is 1.42. The van der Waals surface area contributed by atoms with Crippen molar-refractivity contribution in [2.45, 2.75) is 0 Å². The fourth-order valence-corrected chi connectivity index (χ4v) is 2.23. The van der Waals surface area contributed by atoms with E-state index in [9.17, 15) is 4.79 Å². The minimum Gasteiger partial charge on any atom is -0.493 e. The minimum atomic E-state index is -0.0842. The van der Waals surface area contributed by atoms with Crippen molar-refractivity contribution in [3.05, 3.63) is 58.3 Å². The maximum absolute atomic E-state index is 12.0. The number of ether oxygens (including phenoxy) is 2. The number of ketones is 1. The lowest BCUT2D eigenvalue weighted by molar-refractivity contribution is 0.104. The summed E-state index contributed by atoms with van der Waals surface area (Å²) >= 11 is 3.45. The van der Waals surface area contributed by atoms with E-state index in [0.29, 0.717) is 17.1 Å². The second-order valence-corrected chi connectivity index (χ2v) is 5.02. The number of rotatable bonds is 5. The van der Waals surface area contributed by atoms with Crippen LogP contribution in [0.25, 0.3) is 6.08 Å². The molecule has 0 atom stereocenters. The summed E-state index contributed by atoms with van der Waals surface area (Å²) in [5.74, 6) is 1.15. The molecule has 0 bridgehead atoms. The highest BCUT2D eigenvalue weighted by Crippen LogP contribution is 2.33. The van der Waals surface area contributed by atoms with Gasteiger partial charge in [0.1, 0.15) is 0 Å². The molecule has 2 aromatic rings. The van der Waals surface area contributed by atoms with Gasteiger partial charge in [-0.1, -0.05) is 15.9 Å². The Hall–Kier alpha value is -2.14. The van der Waals surface area contributed by atoms with Gasteiger partial charge in [0.25, 0.3) is 0 Å². The van der Waals surface area contributed by atoms with Crippen LogP contribution >= 0.6 is 15.9 Å². The van der Waals surface area contributed by atoms with E-state index in [1.54, 1.807) is 57.0 Å². The van der Waals surface area contributed by atoms with Crippen LogP contribution in [0.2, 0.25) is 0 Å². The van der Waals surface area contributed by atoms with Crippen LogP contribution < -0.4 is 9.47 Å². The van der Waals surface area contributed by atoms with Gasteiger partial charge in [-0.25, -0.2) is 0 Å². The number of allylic oxidation sites excluding steroid dienone is 1. The normalized spacial score (nSPS) is 10.6. The number of pyridine rings is 1. The molecule has 0 amide bonds. The van der Waals surface area contributed by atoms with Crippen LogP contribution in [0, 0.1) is 0 Å². The third kappa shape index (κ3) is 3.70. The largest absolute Gasteiger partial charge is 0.493 e. The number of benzene rings is 1. The van der Waals surface area contributed by atoms with Crippen LogP contribution in [0.5, 0.6) is 11.5 Å². The van der Waals surface area contributed by atoms with Gasteiger partial charge in [0.05, 0.1) is 14.2 Å². The number of nitrogens with zero attached hydrogens (tertiary/aromatic N) is 1. The van der Waals surface area contributed by atoms with Gasteiger partial charge in [-0.15, -0.1) is 0 Å². The van der Waals surface area contributed by atoms with Gasteiger partial charge in [-0.05, 0) is 42.0 Å². The first-order valence-corrected chi connectivity index (χ1v) is 6.99. The molecule has 21 heavy (non-hydrogen) atoms. The van der Waals surface area contributed by atoms with Crippen molar-refractivity contribution < 1.29 is 14.3 Å². The molecule has 0 fully saturated rings. The van der Waals surface area contributed by atoms with Crippen molar-refractivity contribution in [3.8, 4) is 11.5 Å². The lowest BCUT2D eigenvalue weighted by Crippen LogP contribution is -1.94. The molecule has 1 aromatic heterocycles. The van der Waals surface area contributed by atoms with Crippen molar-refractivity contribution in [2.75, 3.05) is 14.2 Å². The lowest BCUT2D eigenvalue weighted by Gasteiger charge is -2.09. The Bertz CT molecular complexity index is 669. The molecule has 0 radical (unpaired) electrons. The van der Waals surface area contributed by atoms with Gasteiger partial charge < -0.3 is 9.47 Å². The van der Waals surface area contributed by atoms with Crippen LogP contribution in [0.3, 0.4) is 0 Å². The molecule has 0 aliphatic rings. The van der Waals surface area contributed by atoms with Crippen molar-refractivity contribution in [1.82, 2.24) is 4.98 Å². The van der Waals surface area contributed by atoms with Crippen molar-refractivity contribution in [1.29, 1.82) is 0 Å². The highest BCUT2D eigenvalue weighted by Gasteiger charge is 2.08. The number of carbonyl (C=O) groups is 1. The molecule has 108 valence electrons. The third-order valence-corrected chi connectivity index (χ3v) is 3.57. The molecule has 1 heterocycles. The zero-order chi connectivity index (χ0) is 15.2. The zero-order valence-corrected chi connectivity index (χ0v) is 13.3. The van der Waals surface area contributed by atoms with Crippen LogP contribution in [0.15, 0.2) is 47.2 Å². The Balaban J connectivity index is 2.27. The van der Waals surface area contributed by atoms with Crippen molar-refractivity contribution >= 4 is 27.8 Å². The monoisotopic (exact) mass is 347 g/mol. The van der Waals surface area contributed by atoms with E-state index in [2.05, 4.69) is 20.9 Å². The first kappa shape index (κ1) is 15.3. The Morgan fingerprint density at radius 2 is 1.76 bits per heavy atom. The van der Waals surface area contributed by atoms with Gasteiger partial charge in [-0.3, -0.25) is 9.78 Å². The maximum atomic E-state index is 12.0. The van der Waals surface area contributed by atoms with Crippen molar-refractivity contribution in [3.63, 3.8) is 0 Å². The van der Waals surface area contributed by atoms with E-state index in [-0.39, 0.29) is 5.78 Å². The SMILES string of the molecule is COc1cc(Br)c(C=CC(=O)c2ccncc2)cc1OC. The van der Waals surface area contributed by atoms with Gasteiger partial charge in [0, 0.05) is 22.4 Å². The Morgan fingerprint density at radius 1 is 1.14 bits per heavy atom. The lowest BCUT2D eigenvalue weighted by atomic mass is 10.1. The Labute approximate surface area is 131 Å². The standard InChI is InChI=1S/C16H14BrNO3/c1-20-15-9-12(13(17)10-16(15)21-2)3-4-14(19)11-5-7-18-8-6-11/h3-10H,1-2H3. The molecule has 0 saturated carbocycles. The number of hydrogen-bond donors (Lipinski definition) is 0. The first-order chi connectivity index (χ1) is 10.2. The number of aromatic nitrogens is 1. The fraction of sp³-hybridized carbons (Fsp3) is 0.125. The average Bonchev–Trinajstić information content (AvgIpc) is 2.53. The van der Waals surface area contributed by atoms with Gasteiger partial charge in [0.15, 0.2) is 17.3 Å². The molecule has 0 unspecified atom stereocenters. The fourth-order valence-electron chi connectivity index (χ4n) is 1.78. The summed E-state index contributed by atoms with van der Waals surface area (Å²) in [6.07, 6.45) is 6.43. The topological polar surface area (TPSA) is 48.4 Å². The minimum absolute atomic E-state index is 0.0842.